The van der Waals surface area contributed by atoms with E-state index < -0.39 is 11.9 Å². The van der Waals surface area contributed by atoms with Crippen LogP contribution >= 0.6 is 0 Å². The van der Waals surface area contributed by atoms with Crippen LogP contribution in [-0.4, -0.2) is 43.5 Å². The van der Waals surface area contributed by atoms with Gasteiger partial charge in [0.25, 0.3) is 0 Å². The van der Waals surface area contributed by atoms with Gasteiger partial charge in [-0.05, 0) is 24.6 Å². The molecule has 1 aliphatic rings. The number of likely N-dealkylation sites (tertiary alicyclic amines) is 1. The van der Waals surface area contributed by atoms with E-state index in [1.165, 1.54) is 0 Å². The van der Waals surface area contributed by atoms with Crippen LogP contribution in [0.15, 0.2) is 24.3 Å². The third-order valence-corrected chi connectivity index (χ3v) is 3.32. The first kappa shape index (κ1) is 14.5. The SMILES string of the molecule is CCOC(=O)C1CN(Cc2cccc(OC)c2)CC1=O. The van der Waals surface area contributed by atoms with Crippen LogP contribution in [0, 0.1) is 5.92 Å². The molecule has 0 bridgehead atoms. The maximum absolute atomic E-state index is 11.8. The Morgan fingerprint density at radius 1 is 1.45 bits per heavy atom. The van der Waals surface area contributed by atoms with Crippen LogP contribution in [0.25, 0.3) is 0 Å². The molecule has 5 heteroatoms. The van der Waals surface area contributed by atoms with Gasteiger partial charge in [-0.3, -0.25) is 14.5 Å². The van der Waals surface area contributed by atoms with E-state index in [0.29, 0.717) is 26.2 Å². The number of carbonyl (C=O) groups excluding carboxylic acids is 2. The molecule has 1 fully saturated rings. The molecule has 1 aromatic carbocycles. The Balaban J connectivity index is 1.98. The summed E-state index contributed by atoms with van der Waals surface area (Å²) in [6.07, 6.45) is 0. The molecule has 20 heavy (non-hydrogen) atoms. The number of methoxy groups -OCH3 is 1. The number of rotatable bonds is 5. The van der Waals surface area contributed by atoms with Crippen LogP contribution in [0.1, 0.15) is 12.5 Å². The summed E-state index contributed by atoms with van der Waals surface area (Å²) in [7, 11) is 1.62. The zero-order valence-corrected chi connectivity index (χ0v) is 11.8. The Bertz CT molecular complexity index is 500. The molecule has 1 saturated heterocycles. The fourth-order valence-corrected chi connectivity index (χ4v) is 2.35. The number of benzene rings is 1. The zero-order chi connectivity index (χ0) is 14.5. The van der Waals surface area contributed by atoms with Crippen molar-refractivity contribution in [3.05, 3.63) is 29.8 Å². The van der Waals surface area contributed by atoms with E-state index >= 15 is 0 Å². The predicted molar refractivity (Wildman–Crippen MR) is 73.4 cm³/mol. The molecule has 108 valence electrons. The van der Waals surface area contributed by atoms with E-state index in [0.717, 1.165) is 11.3 Å². The quantitative estimate of drug-likeness (QED) is 0.599. The Labute approximate surface area is 118 Å². The maximum atomic E-state index is 11.8. The average Bonchev–Trinajstić information content (AvgIpc) is 2.80. The molecule has 5 nitrogen and oxygen atoms in total. The predicted octanol–water partition coefficient (Wildman–Crippen LogP) is 1.26. The van der Waals surface area contributed by atoms with E-state index in [-0.39, 0.29) is 5.78 Å². The van der Waals surface area contributed by atoms with Gasteiger partial charge in [-0.15, -0.1) is 0 Å². The van der Waals surface area contributed by atoms with Crippen LogP contribution in [0.2, 0.25) is 0 Å². The van der Waals surface area contributed by atoms with Gasteiger partial charge in [0.05, 0.1) is 20.3 Å². The number of hydrogen-bond donors (Lipinski definition) is 0. The van der Waals surface area contributed by atoms with Crippen molar-refractivity contribution < 1.29 is 19.1 Å². The first-order valence-electron chi connectivity index (χ1n) is 6.68. The van der Waals surface area contributed by atoms with Gasteiger partial charge < -0.3 is 9.47 Å². The third kappa shape index (κ3) is 3.36. The van der Waals surface area contributed by atoms with Crippen LogP contribution in [0.5, 0.6) is 5.75 Å². The lowest BCUT2D eigenvalue weighted by Gasteiger charge is -2.15. The molecule has 1 aliphatic heterocycles. The Morgan fingerprint density at radius 2 is 2.25 bits per heavy atom. The van der Waals surface area contributed by atoms with Gasteiger partial charge in [0.15, 0.2) is 5.78 Å². The number of esters is 1. The third-order valence-electron chi connectivity index (χ3n) is 3.32. The van der Waals surface area contributed by atoms with E-state index in [1.54, 1.807) is 14.0 Å². The second-order valence-corrected chi connectivity index (χ2v) is 4.79. The lowest BCUT2D eigenvalue weighted by Crippen LogP contribution is -2.25. The molecular formula is C15H19NO4. The monoisotopic (exact) mass is 277 g/mol. The summed E-state index contributed by atoms with van der Waals surface area (Å²) in [4.78, 5) is 25.5. The molecule has 0 saturated carbocycles. The van der Waals surface area contributed by atoms with Crippen LogP contribution < -0.4 is 4.74 Å². The molecular weight excluding hydrogens is 258 g/mol. The molecule has 0 aromatic heterocycles. The fourth-order valence-electron chi connectivity index (χ4n) is 2.35. The molecule has 0 spiro atoms. The minimum Gasteiger partial charge on any atom is -0.497 e. The molecule has 0 amide bonds. The van der Waals surface area contributed by atoms with Crippen molar-refractivity contribution in [1.29, 1.82) is 0 Å². The number of ketones is 1. The number of Topliss-reactive ketones (excluding diaryl/α,β-unsaturated/α-hetero) is 1. The highest BCUT2D eigenvalue weighted by molar-refractivity contribution is 6.01. The Morgan fingerprint density at radius 3 is 2.95 bits per heavy atom. The molecule has 1 aromatic rings. The summed E-state index contributed by atoms with van der Waals surface area (Å²) >= 11 is 0. The van der Waals surface area contributed by atoms with Gasteiger partial charge in [0.2, 0.25) is 0 Å². The molecule has 0 N–H and O–H groups in total. The standard InChI is InChI=1S/C15H19NO4/c1-3-20-15(18)13-9-16(10-14(13)17)8-11-5-4-6-12(7-11)19-2/h4-7,13H,3,8-10H2,1-2H3. The van der Waals surface area contributed by atoms with Crippen LogP contribution in [-0.2, 0) is 20.9 Å². The lowest BCUT2D eigenvalue weighted by atomic mass is 10.1. The van der Waals surface area contributed by atoms with Crippen LogP contribution in [0.3, 0.4) is 0 Å². The Kier molecular flexibility index (Phi) is 4.74. The summed E-state index contributed by atoms with van der Waals surface area (Å²) in [5.41, 5.74) is 1.06. The Hall–Kier alpha value is -1.88. The zero-order valence-electron chi connectivity index (χ0n) is 11.8. The van der Waals surface area contributed by atoms with Crippen molar-refractivity contribution in [1.82, 2.24) is 4.90 Å². The topological polar surface area (TPSA) is 55.8 Å². The number of ether oxygens (including phenoxy) is 2. The highest BCUT2D eigenvalue weighted by Crippen LogP contribution is 2.19. The summed E-state index contributed by atoms with van der Waals surface area (Å²) in [6, 6.07) is 7.70. The van der Waals surface area contributed by atoms with Crippen molar-refractivity contribution in [2.75, 3.05) is 26.8 Å². The minimum absolute atomic E-state index is 0.0636. The normalized spacial score (nSPS) is 19.1. The highest BCUT2D eigenvalue weighted by atomic mass is 16.5. The fraction of sp³-hybridized carbons (Fsp3) is 0.467. The lowest BCUT2D eigenvalue weighted by molar-refractivity contribution is -0.149. The molecule has 0 radical (unpaired) electrons. The number of carbonyl (C=O) groups is 2. The summed E-state index contributed by atoms with van der Waals surface area (Å²) in [5.74, 6) is -0.326. The maximum Gasteiger partial charge on any atom is 0.317 e. The molecule has 2 rings (SSSR count). The number of hydrogen-bond acceptors (Lipinski definition) is 5. The van der Waals surface area contributed by atoms with Crippen molar-refractivity contribution >= 4 is 11.8 Å². The second kappa shape index (κ2) is 6.52. The van der Waals surface area contributed by atoms with Gasteiger partial charge >= 0.3 is 5.97 Å². The summed E-state index contributed by atoms with van der Waals surface area (Å²) < 4.78 is 10.1. The van der Waals surface area contributed by atoms with Gasteiger partial charge in [-0.1, -0.05) is 12.1 Å². The molecule has 1 heterocycles. The summed E-state index contributed by atoms with van der Waals surface area (Å²) in [6.45, 7) is 3.39. The van der Waals surface area contributed by atoms with Gasteiger partial charge in [-0.2, -0.15) is 0 Å². The van der Waals surface area contributed by atoms with Crippen molar-refractivity contribution in [3.8, 4) is 5.75 Å². The largest absolute Gasteiger partial charge is 0.497 e. The van der Waals surface area contributed by atoms with Crippen molar-refractivity contribution in [3.63, 3.8) is 0 Å². The van der Waals surface area contributed by atoms with Crippen molar-refractivity contribution in [2.24, 2.45) is 5.92 Å². The van der Waals surface area contributed by atoms with E-state index in [2.05, 4.69) is 0 Å². The van der Waals surface area contributed by atoms with Gasteiger partial charge in [0, 0.05) is 13.1 Å². The molecule has 0 aliphatic carbocycles. The molecule has 1 unspecified atom stereocenters. The minimum atomic E-state index is -0.638. The summed E-state index contributed by atoms with van der Waals surface area (Å²) in [5, 5.41) is 0. The first-order valence-corrected chi connectivity index (χ1v) is 6.68. The highest BCUT2D eigenvalue weighted by Gasteiger charge is 2.36. The van der Waals surface area contributed by atoms with Crippen molar-refractivity contribution in [2.45, 2.75) is 13.5 Å². The van der Waals surface area contributed by atoms with Gasteiger partial charge in [-0.25, -0.2) is 0 Å². The van der Waals surface area contributed by atoms with Gasteiger partial charge in [0.1, 0.15) is 11.7 Å². The van der Waals surface area contributed by atoms with E-state index in [4.69, 9.17) is 9.47 Å². The van der Waals surface area contributed by atoms with Crippen LogP contribution in [0.4, 0.5) is 0 Å². The average molecular weight is 277 g/mol. The molecule has 1 atom stereocenters. The number of nitrogens with zero attached hydrogens (tertiary/aromatic N) is 1. The van der Waals surface area contributed by atoms with E-state index in [9.17, 15) is 9.59 Å². The van der Waals surface area contributed by atoms with E-state index in [1.807, 2.05) is 29.2 Å². The smallest absolute Gasteiger partial charge is 0.317 e. The second-order valence-electron chi connectivity index (χ2n) is 4.79. The first-order chi connectivity index (χ1) is 9.63.